The average molecular weight is 269 g/mol. The van der Waals surface area contributed by atoms with Crippen molar-refractivity contribution in [2.45, 2.75) is 25.5 Å². The number of nitrogens with one attached hydrogen (secondary N) is 2. The lowest BCUT2D eigenvalue weighted by atomic mass is 10.2. The van der Waals surface area contributed by atoms with Crippen molar-refractivity contribution in [1.82, 2.24) is 15.1 Å². The number of hydrogen-bond donors (Lipinski definition) is 2. The highest BCUT2D eigenvalue weighted by atomic mass is 16.6. The fraction of sp³-hybridized carbons (Fsp3) is 0.727. The summed E-state index contributed by atoms with van der Waals surface area (Å²) in [5.74, 6) is 0.442. The second-order valence-electron chi connectivity index (χ2n) is 4.56. The van der Waals surface area contributed by atoms with Crippen molar-refractivity contribution in [1.29, 1.82) is 0 Å². The van der Waals surface area contributed by atoms with E-state index < -0.39 is 0 Å². The molecule has 1 unspecified atom stereocenters. The molecule has 8 heteroatoms. The summed E-state index contributed by atoms with van der Waals surface area (Å²) < 4.78 is 6.87. The zero-order chi connectivity index (χ0) is 14.0. The van der Waals surface area contributed by atoms with Crippen molar-refractivity contribution in [3.05, 3.63) is 15.8 Å². The van der Waals surface area contributed by atoms with E-state index in [0.29, 0.717) is 24.5 Å². The van der Waals surface area contributed by atoms with Crippen LogP contribution >= 0.6 is 0 Å². The molecule has 106 valence electrons. The molecule has 0 bridgehead atoms. The molecule has 0 radical (unpaired) electrons. The van der Waals surface area contributed by atoms with Gasteiger partial charge in [0.05, 0.1) is 17.1 Å². The smallest absolute Gasteiger partial charge is 0.333 e. The third kappa shape index (κ3) is 2.54. The highest BCUT2D eigenvalue weighted by Gasteiger charge is 2.32. The van der Waals surface area contributed by atoms with Crippen LogP contribution < -0.4 is 10.6 Å². The average Bonchev–Trinajstić information content (AvgIpc) is 2.94. The largest absolute Gasteiger partial charge is 0.378 e. The summed E-state index contributed by atoms with van der Waals surface area (Å²) in [5, 5.41) is 21.8. The van der Waals surface area contributed by atoms with E-state index in [-0.39, 0.29) is 22.8 Å². The van der Waals surface area contributed by atoms with Crippen LogP contribution in [0.25, 0.3) is 0 Å². The van der Waals surface area contributed by atoms with E-state index in [1.807, 2.05) is 6.92 Å². The summed E-state index contributed by atoms with van der Waals surface area (Å²) in [7, 11) is 3.35. The Hall–Kier alpha value is -1.67. The van der Waals surface area contributed by atoms with Crippen LogP contribution in [0.5, 0.6) is 0 Å². The molecule has 0 saturated carbocycles. The Balaban J connectivity index is 2.29. The fourth-order valence-corrected chi connectivity index (χ4v) is 2.38. The maximum Gasteiger partial charge on any atom is 0.333 e. The lowest BCUT2D eigenvalue weighted by Gasteiger charge is -2.19. The Morgan fingerprint density at radius 3 is 2.95 bits per heavy atom. The van der Waals surface area contributed by atoms with Gasteiger partial charge >= 0.3 is 5.69 Å². The number of hydrogen-bond acceptors (Lipinski definition) is 6. The van der Waals surface area contributed by atoms with Crippen LogP contribution in [0, 0.1) is 10.1 Å². The van der Waals surface area contributed by atoms with Crippen LogP contribution in [-0.2, 0) is 18.2 Å². The standard InChI is InChI=1S/C11H19N5O3/c1-4-7-10(16(17)18)11(15(2)14-7)13-8-5-12-6-9(8)19-3/h8-9,12-13H,4-6H2,1-3H3/t8?,9-/m0/s1. The number of rotatable bonds is 5. The molecule has 1 aromatic heterocycles. The molecule has 1 fully saturated rings. The van der Waals surface area contributed by atoms with Crippen LogP contribution in [0.3, 0.4) is 0 Å². The number of nitrogens with zero attached hydrogens (tertiary/aromatic N) is 3. The minimum absolute atomic E-state index is 0.000388. The second-order valence-corrected chi connectivity index (χ2v) is 4.56. The Kier molecular flexibility index (Phi) is 4.01. The lowest BCUT2D eigenvalue weighted by molar-refractivity contribution is -0.384. The predicted octanol–water partition coefficient (Wildman–Crippen LogP) is 0.289. The molecular weight excluding hydrogens is 250 g/mol. The molecule has 1 aromatic rings. The van der Waals surface area contributed by atoms with E-state index in [4.69, 9.17) is 4.74 Å². The summed E-state index contributed by atoms with van der Waals surface area (Å²) in [6.07, 6.45) is 0.530. The summed E-state index contributed by atoms with van der Waals surface area (Å²) in [4.78, 5) is 10.8. The van der Waals surface area contributed by atoms with Gasteiger partial charge in [0.2, 0.25) is 5.82 Å². The molecule has 2 N–H and O–H groups in total. The first-order valence-electron chi connectivity index (χ1n) is 6.28. The first-order valence-corrected chi connectivity index (χ1v) is 6.28. The molecule has 2 atom stereocenters. The van der Waals surface area contributed by atoms with Crippen molar-refractivity contribution in [3.63, 3.8) is 0 Å². The Bertz CT molecular complexity index is 473. The van der Waals surface area contributed by atoms with Crippen LogP contribution in [0.1, 0.15) is 12.6 Å². The van der Waals surface area contributed by atoms with Gasteiger partial charge in [-0.25, -0.2) is 4.68 Å². The van der Waals surface area contributed by atoms with Crippen molar-refractivity contribution in [2.75, 3.05) is 25.5 Å². The normalized spacial score (nSPS) is 22.7. The number of ether oxygens (including phenoxy) is 1. The minimum Gasteiger partial charge on any atom is -0.378 e. The van der Waals surface area contributed by atoms with Crippen molar-refractivity contribution >= 4 is 11.5 Å². The van der Waals surface area contributed by atoms with E-state index in [1.54, 1.807) is 14.2 Å². The molecule has 0 spiro atoms. The maximum atomic E-state index is 11.2. The van der Waals surface area contributed by atoms with Gasteiger partial charge in [-0.1, -0.05) is 6.92 Å². The predicted molar refractivity (Wildman–Crippen MR) is 70.3 cm³/mol. The number of nitro groups is 1. The second kappa shape index (κ2) is 5.54. The van der Waals surface area contributed by atoms with Crippen molar-refractivity contribution in [2.24, 2.45) is 7.05 Å². The number of methoxy groups -OCH3 is 1. The van der Waals surface area contributed by atoms with Gasteiger partial charge in [-0.2, -0.15) is 5.10 Å². The molecule has 1 aliphatic heterocycles. The summed E-state index contributed by atoms with van der Waals surface area (Å²) >= 11 is 0. The van der Waals surface area contributed by atoms with Gasteiger partial charge < -0.3 is 15.4 Å². The molecule has 2 heterocycles. The van der Waals surface area contributed by atoms with Gasteiger partial charge in [0.15, 0.2) is 0 Å². The zero-order valence-electron chi connectivity index (χ0n) is 11.3. The summed E-state index contributed by atoms with van der Waals surface area (Å²) in [6.45, 7) is 3.30. The van der Waals surface area contributed by atoms with Crippen LogP contribution in [0.15, 0.2) is 0 Å². The Morgan fingerprint density at radius 2 is 2.37 bits per heavy atom. The summed E-state index contributed by atoms with van der Waals surface area (Å²) in [5.41, 5.74) is 0.557. The van der Waals surface area contributed by atoms with Gasteiger partial charge in [-0.05, 0) is 6.42 Å². The molecule has 1 aliphatic rings. The third-order valence-electron chi connectivity index (χ3n) is 3.39. The Labute approximate surface area is 111 Å². The molecule has 8 nitrogen and oxygen atoms in total. The number of anilines is 1. The fourth-order valence-electron chi connectivity index (χ4n) is 2.38. The SMILES string of the molecule is CCc1nn(C)c(NC2CNC[C@@H]2OC)c1[N+](=O)[O-]. The first kappa shape index (κ1) is 13.8. The van der Waals surface area contributed by atoms with Gasteiger partial charge in [0.1, 0.15) is 5.69 Å². The monoisotopic (exact) mass is 269 g/mol. The number of aryl methyl sites for hydroxylation is 2. The van der Waals surface area contributed by atoms with E-state index in [9.17, 15) is 10.1 Å². The molecule has 1 saturated heterocycles. The molecule has 0 amide bonds. The van der Waals surface area contributed by atoms with Gasteiger partial charge in [-0.3, -0.25) is 10.1 Å². The molecule has 0 aromatic carbocycles. The number of aromatic nitrogens is 2. The lowest BCUT2D eigenvalue weighted by Crippen LogP contribution is -2.34. The molecular formula is C11H19N5O3. The topological polar surface area (TPSA) is 94.2 Å². The Morgan fingerprint density at radius 1 is 1.63 bits per heavy atom. The van der Waals surface area contributed by atoms with Crippen LogP contribution in [-0.4, -0.2) is 47.0 Å². The van der Waals surface area contributed by atoms with Crippen LogP contribution in [0.2, 0.25) is 0 Å². The van der Waals surface area contributed by atoms with Gasteiger partial charge in [0.25, 0.3) is 0 Å². The quantitative estimate of drug-likeness (QED) is 0.589. The van der Waals surface area contributed by atoms with E-state index in [2.05, 4.69) is 15.7 Å². The molecule has 19 heavy (non-hydrogen) atoms. The summed E-state index contributed by atoms with van der Waals surface area (Å²) in [6, 6.07) is 0.00352. The van der Waals surface area contributed by atoms with Gasteiger partial charge in [0, 0.05) is 27.2 Å². The zero-order valence-corrected chi connectivity index (χ0v) is 11.3. The third-order valence-corrected chi connectivity index (χ3v) is 3.39. The molecule has 0 aliphatic carbocycles. The van der Waals surface area contributed by atoms with E-state index in [1.165, 1.54) is 4.68 Å². The molecule has 2 rings (SSSR count). The van der Waals surface area contributed by atoms with Crippen molar-refractivity contribution < 1.29 is 9.66 Å². The first-order chi connectivity index (χ1) is 9.08. The van der Waals surface area contributed by atoms with Gasteiger partial charge in [-0.15, -0.1) is 0 Å². The van der Waals surface area contributed by atoms with Crippen LogP contribution in [0.4, 0.5) is 11.5 Å². The highest BCUT2D eigenvalue weighted by molar-refractivity contribution is 5.60. The minimum atomic E-state index is -0.377. The maximum absolute atomic E-state index is 11.2. The van der Waals surface area contributed by atoms with Crippen molar-refractivity contribution in [3.8, 4) is 0 Å². The highest BCUT2D eigenvalue weighted by Crippen LogP contribution is 2.29. The van der Waals surface area contributed by atoms with E-state index in [0.717, 1.165) is 6.54 Å². The van der Waals surface area contributed by atoms with E-state index >= 15 is 0 Å².